The smallest absolute Gasteiger partial charge is 0.407 e. The van der Waals surface area contributed by atoms with Crippen LogP contribution >= 0.6 is 11.6 Å². The molecule has 0 aromatic rings. The summed E-state index contributed by atoms with van der Waals surface area (Å²) in [6.45, 7) is 5.16. The summed E-state index contributed by atoms with van der Waals surface area (Å²) in [6, 6.07) is 0.0948. The maximum atomic E-state index is 11.9. The molecule has 0 radical (unpaired) electrons. The van der Waals surface area contributed by atoms with Gasteiger partial charge in [-0.15, -0.1) is 11.6 Å². The number of nitrogens with zero attached hydrogens (tertiary/aromatic N) is 1. The maximum absolute atomic E-state index is 11.9. The Bertz CT molecular complexity index is 676. The lowest BCUT2D eigenvalue weighted by Crippen LogP contribution is -2.55. The van der Waals surface area contributed by atoms with Crippen molar-refractivity contribution in [3.63, 3.8) is 0 Å². The summed E-state index contributed by atoms with van der Waals surface area (Å²) in [6.07, 6.45) is 9.37. The molecular weight excluding hydrogens is 362 g/mol. The van der Waals surface area contributed by atoms with Crippen molar-refractivity contribution in [1.82, 2.24) is 4.90 Å². The van der Waals surface area contributed by atoms with E-state index in [1.54, 1.807) is 4.90 Å². The number of halogens is 1. The van der Waals surface area contributed by atoms with Crippen molar-refractivity contribution in [1.29, 1.82) is 0 Å². The number of hydrogen-bond donors (Lipinski definition) is 1. The second-order valence-corrected chi connectivity index (χ2v) is 10.1. The van der Waals surface area contributed by atoms with Crippen molar-refractivity contribution in [2.75, 3.05) is 12.4 Å². The van der Waals surface area contributed by atoms with Gasteiger partial charge in [0.15, 0.2) is 5.78 Å². The molecule has 0 aliphatic heterocycles. The van der Waals surface area contributed by atoms with Gasteiger partial charge in [-0.1, -0.05) is 19.4 Å². The van der Waals surface area contributed by atoms with Crippen molar-refractivity contribution < 1.29 is 14.7 Å². The number of allylic oxidation sites excluding steroid dienone is 1. The van der Waals surface area contributed by atoms with E-state index in [0.717, 1.165) is 44.9 Å². The molecule has 1 unspecified atom stereocenters. The van der Waals surface area contributed by atoms with E-state index < -0.39 is 6.09 Å². The molecular formula is C22H32ClNO3. The molecule has 0 heterocycles. The third kappa shape index (κ3) is 2.85. The molecule has 1 amide bonds. The number of alkyl halides is 1. The second kappa shape index (κ2) is 6.79. The highest BCUT2D eigenvalue weighted by Crippen LogP contribution is 2.65. The van der Waals surface area contributed by atoms with Crippen LogP contribution in [0.1, 0.15) is 65.2 Å². The summed E-state index contributed by atoms with van der Waals surface area (Å²) in [5.41, 5.74) is 1.64. The van der Waals surface area contributed by atoms with E-state index in [0.29, 0.717) is 42.4 Å². The molecule has 4 rings (SSSR count). The van der Waals surface area contributed by atoms with Gasteiger partial charge in [0.25, 0.3) is 0 Å². The number of fused-ring (bicyclic) bond motifs is 5. The third-order valence-corrected chi connectivity index (χ3v) is 9.03. The van der Waals surface area contributed by atoms with E-state index in [-0.39, 0.29) is 16.9 Å². The molecule has 3 fully saturated rings. The standard InChI is InChI=1S/C22H32ClNO3/c1-21-9-7-15(25)13-14(21)3-4-16-17-5-6-19(24(12-11-23)20(26)27)22(17,2)10-8-18(16)21/h13,16-19H,3-12H2,1-2H3,(H,26,27)/t16-,17-,18-,19?,21-,22-/m0/s1. The van der Waals surface area contributed by atoms with Gasteiger partial charge in [0.2, 0.25) is 0 Å². The van der Waals surface area contributed by atoms with Crippen LogP contribution in [-0.4, -0.2) is 40.3 Å². The molecule has 3 saturated carbocycles. The minimum Gasteiger partial charge on any atom is -0.465 e. The summed E-state index contributed by atoms with van der Waals surface area (Å²) in [5, 5.41) is 9.75. The van der Waals surface area contributed by atoms with Gasteiger partial charge in [0.1, 0.15) is 0 Å². The Morgan fingerprint density at radius 2 is 1.96 bits per heavy atom. The molecule has 5 heteroatoms. The topological polar surface area (TPSA) is 57.6 Å². The highest BCUT2D eigenvalue weighted by atomic mass is 35.5. The largest absolute Gasteiger partial charge is 0.465 e. The lowest BCUT2D eigenvalue weighted by molar-refractivity contribution is -0.117. The van der Waals surface area contributed by atoms with Gasteiger partial charge in [0, 0.05) is 24.9 Å². The summed E-state index contributed by atoms with van der Waals surface area (Å²) < 4.78 is 0. The molecule has 6 atom stereocenters. The van der Waals surface area contributed by atoms with Crippen LogP contribution in [0.2, 0.25) is 0 Å². The van der Waals surface area contributed by atoms with Crippen LogP contribution in [0.5, 0.6) is 0 Å². The first kappa shape index (κ1) is 19.3. The highest BCUT2D eigenvalue weighted by Gasteiger charge is 2.60. The van der Waals surface area contributed by atoms with Gasteiger partial charge in [-0.3, -0.25) is 4.79 Å². The summed E-state index contributed by atoms with van der Waals surface area (Å²) >= 11 is 5.92. The van der Waals surface area contributed by atoms with Crippen LogP contribution in [0.15, 0.2) is 11.6 Å². The predicted molar refractivity (Wildman–Crippen MR) is 106 cm³/mol. The van der Waals surface area contributed by atoms with E-state index in [9.17, 15) is 14.7 Å². The van der Waals surface area contributed by atoms with Gasteiger partial charge in [-0.05, 0) is 79.6 Å². The lowest BCUT2D eigenvalue weighted by Gasteiger charge is -2.58. The average molecular weight is 394 g/mol. The van der Waals surface area contributed by atoms with Crippen LogP contribution in [-0.2, 0) is 4.79 Å². The van der Waals surface area contributed by atoms with Crippen LogP contribution in [0.25, 0.3) is 0 Å². The Kier molecular flexibility index (Phi) is 4.85. The fraction of sp³-hybridized carbons (Fsp3) is 0.818. The van der Waals surface area contributed by atoms with Crippen molar-refractivity contribution in [2.45, 2.75) is 71.3 Å². The Hall–Kier alpha value is -1.03. The van der Waals surface area contributed by atoms with Gasteiger partial charge in [0.05, 0.1) is 0 Å². The number of carboxylic acid groups (broad SMARTS) is 1. The monoisotopic (exact) mass is 393 g/mol. The molecule has 150 valence electrons. The first-order valence-electron chi connectivity index (χ1n) is 10.6. The van der Waals surface area contributed by atoms with E-state index in [1.165, 1.54) is 5.57 Å². The van der Waals surface area contributed by atoms with Gasteiger partial charge in [-0.2, -0.15) is 0 Å². The van der Waals surface area contributed by atoms with E-state index in [4.69, 9.17) is 11.6 Å². The molecule has 0 aromatic heterocycles. The van der Waals surface area contributed by atoms with Crippen molar-refractivity contribution in [3.05, 3.63) is 11.6 Å². The normalized spacial score (nSPS) is 43.4. The van der Waals surface area contributed by atoms with Gasteiger partial charge in [-0.25, -0.2) is 4.79 Å². The summed E-state index contributed by atoms with van der Waals surface area (Å²) in [7, 11) is 0. The molecule has 0 saturated heterocycles. The summed E-state index contributed by atoms with van der Waals surface area (Å²) in [5.74, 6) is 2.56. The van der Waals surface area contributed by atoms with Crippen LogP contribution in [0, 0.1) is 28.6 Å². The molecule has 0 spiro atoms. The second-order valence-electron chi connectivity index (χ2n) is 9.77. The Balaban J connectivity index is 1.62. The molecule has 27 heavy (non-hydrogen) atoms. The Labute approximate surface area is 167 Å². The number of hydrogen-bond acceptors (Lipinski definition) is 2. The van der Waals surface area contributed by atoms with E-state index >= 15 is 0 Å². The number of carbonyl (C=O) groups is 2. The average Bonchev–Trinajstić information content (AvgIpc) is 2.97. The van der Waals surface area contributed by atoms with Crippen molar-refractivity contribution in [3.8, 4) is 0 Å². The SMILES string of the molecule is C[C@]12CCC(=O)C=C1CC[C@@H]1[C@@H]2CC[C@]2(C)C(N(CCCl)C(=O)O)CC[C@@H]12. The van der Waals surface area contributed by atoms with Crippen LogP contribution in [0.3, 0.4) is 0 Å². The fourth-order valence-corrected chi connectivity index (χ4v) is 7.70. The maximum Gasteiger partial charge on any atom is 0.407 e. The number of amides is 1. The molecule has 1 N–H and O–H groups in total. The highest BCUT2D eigenvalue weighted by molar-refractivity contribution is 6.18. The zero-order chi connectivity index (χ0) is 19.4. The van der Waals surface area contributed by atoms with Gasteiger partial charge < -0.3 is 10.0 Å². The lowest BCUT2D eigenvalue weighted by atomic mass is 9.47. The Morgan fingerprint density at radius 3 is 2.67 bits per heavy atom. The van der Waals surface area contributed by atoms with Crippen LogP contribution in [0.4, 0.5) is 4.79 Å². The minimum absolute atomic E-state index is 0.0632. The molecule has 4 aliphatic rings. The molecule has 4 aliphatic carbocycles. The zero-order valence-corrected chi connectivity index (χ0v) is 17.3. The first-order valence-corrected chi connectivity index (χ1v) is 11.1. The van der Waals surface area contributed by atoms with Crippen molar-refractivity contribution in [2.24, 2.45) is 28.6 Å². The molecule has 0 bridgehead atoms. The fourth-order valence-electron chi connectivity index (χ4n) is 7.52. The first-order chi connectivity index (χ1) is 12.8. The van der Waals surface area contributed by atoms with Gasteiger partial charge >= 0.3 is 6.09 Å². The summed E-state index contributed by atoms with van der Waals surface area (Å²) in [4.78, 5) is 25.4. The minimum atomic E-state index is -0.823. The molecule has 4 nitrogen and oxygen atoms in total. The zero-order valence-electron chi connectivity index (χ0n) is 16.5. The number of ketones is 1. The molecule has 0 aromatic carbocycles. The predicted octanol–water partition coefficient (Wildman–Crippen LogP) is 5.11. The Morgan fingerprint density at radius 1 is 1.19 bits per heavy atom. The third-order valence-electron chi connectivity index (χ3n) is 8.86. The van der Waals surface area contributed by atoms with E-state index in [1.807, 2.05) is 6.08 Å². The van der Waals surface area contributed by atoms with Crippen LogP contribution < -0.4 is 0 Å². The van der Waals surface area contributed by atoms with E-state index in [2.05, 4.69) is 13.8 Å². The number of carbonyl (C=O) groups excluding carboxylic acids is 1. The quantitative estimate of drug-likeness (QED) is 0.678. The number of rotatable bonds is 3. The van der Waals surface area contributed by atoms with Crippen molar-refractivity contribution >= 4 is 23.5 Å².